The fraction of sp³-hybridized carbons (Fsp3) is 0.935. The third-order valence-corrected chi connectivity index (χ3v) is 13.4. The van der Waals surface area contributed by atoms with Gasteiger partial charge in [0.1, 0.15) is 12.2 Å². The van der Waals surface area contributed by atoms with Crippen molar-refractivity contribution in [2.45, 2.75) is 123 Å². The Morgan fingerprint density at radius 1 is 1.03 bits per heavy atom. The molecule has 212 valence electrons. The molecular weight excluding hydrogens is 468 g/mol. The lowest BCUT2D eigenvalue weighted by Crippen LogP contribution is -2.75. The third-order valence-electron chi connectivity index (χ3n) is 13.4. The average molecular weight is 521 g/mol. The molecule has 2 aliphatic heterocycles. The van der Waals surface area contributed by atoms with Gasteiger partial charge in [-0.25, -0.2) is 0 Å². The van der Waals surface area contributed by atoms with Crippen LogP contribution in [-0.4, -0.2) is 63.8 Å². The van der Waals surface area contributed by atoms with Crippen molar-refractivity contribution in [1.29, 1.82) is 0 Å². The van der Waals surface area contributed by atoms with E-state index < -0.39 is 29.7 Å². The normalized spacial score (nSPS) is 50.7. The highest BCUT2D eigenvalue weighted by atomic mass is 16.6. The van der Waals surface area contributed by atoms with E-state index in [2.05, 4.69) is 34.6 Å². The van der Waals surface area contributed by atoms with Crippen LogP contribution < -0.4 is 0 Å². The number of ether oxygens (including phenoxy) is 2. The summed E-state index contributed by atoms with van der Waals surface area (Å²) in [6, 6.07) is 0. The minimum absolute atomic E-state index is 0.0245. The average Bonchev–Trinajstić information content (AvgIpc) is 3.17. The molecule has 4 saturated carbocycles. The number of methoxy groups -OCH3 is 1. The minimum atomic E-state index is -1.05. The number of allylic oxidation sites excluding steroid dienone is 1. The van der Waals surface area contributed by atoms with Gasteiger partial charge < -0.3 is 29.9 Å². The standard InChI is InChI=1S/C31H52O6/c1-18(15-22(33)25(34)27(4,5)36-8)19-9-11-28(6)20(19)16-21(32)24-29(28,7)12-10-23-26(2,3)31(35)14-13-30(23,24)17-37-31/h15,19-25,32-35H,9-14,16-17H2,1-8H3/b18-15+/t19-,20?,21?,22+,23?,24?,25?,28-,29-,30-,31-/m1/s1. The largest absolute Gasteiger partial charge is 0.393 e. The van der Waals surface area contributed by atoms with Gasteiger partial charge in [-0.15, -0.1) is 0 Å². The Morgan fingerprint density at radius 2 is 1.68 bits per heavy atom. The number of hydrogen-bond acceptors (Lipinski definition) is 6. The van der Waals surface area contributed by atoms with Gasteiger partial charge in [-0.1, -0.05) is 39.3 Å². The van der Waals surface area contributed by atoms with Crippen molar-refractivity contribution in [1.82, 2.24) is 0 Å². The van der Waals surface area contributed by atoms with Crippen molar-refractivity contribution in [2.75, 3.05) is 13.7 Å². The second kappa shape index (κ2) is 8.50. The molecule has 4 aliphatic carbocycles. The molecule has 6 fully saturated rings. The SMILES string of the molecule is COC(C)(C)C(O)[C@@H](O)/C=C(\C)[C@H]1CC[C@]2(C)C1CC(O)C1[C@]34CC[C@@](O)(OC3)C(C)(C)C4CC[C@]12C. The Labute approximate surface area is 223 Å². The molecule has 0 aromatic heterocycles. The maximum Gasteiger partial charge on any atom is 0.170 e. The predicted molar refractivity (Wildman–Crippen MR) is 142 cm³/mol. The predicted octanol–water partition coefficient (Wildman–Crippen LogP) is 4.43. The zero-order valence-electron chi connectivity index (χ0n) is 24.4. The maximum absolute atomic E-state index is 12.0. The maximum atomic E-state index is 12.0. The highest BCUT2D eigenvalue weighted by Gasteiger charge is 2.75. The summed E-state index contributed by atoms with van der Waals surface area (Å²) in [6.45, 7) is 15.5. The second-order valence-corrected chi connectivity index (χ2v) is 15.1. The van der Waals surface area contributed by atoms with Gasteiger partial charge in [0, 0.05) is 24.4 Å². The van der Waals surface area contributed by atoms with Crippen molar-refractivity contribution < 1.29 is 29.9 Å². The molecule has 0 aromatic carbocycles. The lowest BCUT2D eigenvalue weighted by atomic mass is 9.33. The molecule has 5 unspecified atom stereocenters. The Hall–Kier alpha value is -0.500. The number of fused-ring (bicyclic) bond motifs is 5. The third kappa shape index (κ3) is 3.51. The Morgan fingerprint density at radius 3 is 2.27 bits per heavy atom. The van der Waals surface area contributed by atoms with Gasteiger partial charge in [0.15, 0.2) is 5.79 Å². The fourth-order valence-electron chi connectivity index (χ4n) is 10.7. The molecular formula is C31H52O6. The molecule has 37 heavy (non-hydrogen) atoms. The van der Waals surface area contributed by atoms with Gasteiger partial charge in [0.05, 0.1) is 18.3 Å². The van der Waals surface area contributed by atoms with E-state index in [4.69, 9.17) is 9.47 Å². The molecule has 2 saturated heterocycles. The highest BCUT2D eigenvalue weighted by Crippen LogP contribution is 2.77. The summed E-state index contributed by atoms with van der Waals surface area (Å²) in [7, 11) is 1.55. The van der Waals surface area contributed by atoms with E-state index in [1.54, 1.807) is 21.0 Å². The van der Waals surface area contributed by atoms with Crippen LogP contribution in [0, 0.1) is 45.3 Å². The molecule has 0 radical (unpaired) electrons. The molecule has 6 aliphatic rings. The lowest BCUT2D eigenvalue weighted by molar-refractivity contribution is -0.404. The zero-order chi connectivity index (χ0) is 27.4. The van der Waals surface area contributed by atoms with Crippen LogP contribution in [0.5, 0.6) is 0 Å². The molecule has 2 heterocycles. The van der Waals surface area contributed by atoms with E-state index in [1.165, 1.54) is 0 Å². The van der Waals surface area contributed by atoms with Gasteiger partial charge >= 0.3 is 0 Å². The van der Waals surface area contributed by atoms with Crippen molar-refractivity contribution >= 4 is 0 Å². The quantitative estimate of drug-likeness (QED) is 0.400. The summed E-state index contributed by atoms with van der Waals surface area (Å²) in [5, 5.41) is 44.9. The molecule has 6 nitrogen and oxygen atoms in total. The highest BCUT2D eigenvalue weighted by molar-refractivity contribution is 5.25. The minimum Gasteiger partial charge on any atom is -0.393 e. The number of rotatable bonds is 5. The first kappa shape index (κ1) is 28.0. The van der Waals surface area contributed by atoms with Crippen LogP contribution in [0.4, 0.5) is 0 Å². The van der Waals surface area contributed by atoms with Crippen molar-refractivity contribution in [2.24, 2.45) is 45.3 Å². The fourth-order valence-corrected chi connectivity index (χ4v) is 10.7. The van der Waals surface area contributed by atoms with Crippen LogP contribution in [0.3, 0.4) is 0 Å². The Bertz CT molecular complexity index is 932. The first-order chi connectivity index (χ1) is 17.0. The van der Waals surface area contributed by atoms with Gasteiger partial charge in [-0.2, -0.15) is 0 Å². The molecule has 11 atom stereocenters. The van der Waals surface area contributed by atoms with Gasteiger partial charge in [0.2, 0.25) is 0 Å². The zero-order valence-corrected chi connectivity index (χ0v) is 24.4. The van der Waals surface area contributed by atoms with Crippen LogP contribution in [-0.2, 0) is 9.47 Å². The summed E-state index contributed by atoms with van der Waals surface area (Å²) in [6.07, 6.45) is 6.00. The first-order valence-electron chi connectivity index (χ1n) is 14.6. The first-order valence-corrected chi connectivity index (χ1v) is 14.6. The summed E-state index contributed by atoms with van der Waals surface area (Å²) in [4.78, 5) is 0. The smallest absolute Gasteiger partial charge is 0.170 e. The van der Waals surface area contributed by atoms with Crippen LogP contribution in [0.25, 0.3) is 0 Å². The number of hydrogen-bond donors (Lipinski definition) is 4. The number of aliphatic hydroxyl groups is 4. The van der Waals surface area contributed by atoms with E-state index in [-0.39, 0.29) is 33.5 Å². The van der Waals surface area contributed by atoms with Gasteiger partial charge in [-0.3, -0.25) is 0 Å². The van der Waals surface area contributed by atoms with E-state index in [0.717, 1.165) is 44.1 Å². The van der Waals surface area contributed by atoms with Crippen molar-refractivity contribution in [3.05, 3.63) is 11.6 Å². The molecule has 0 aromatic rings. The molecule has 0 amide bonds. The lowest BCUT2D eigenvalue weighted by Gasteiger charge is -2.74. The van der Waals surface area contributed by atoms with Crippen LogP contribution in [0.1, 0.15) is 93.4 Å². The molecule has 4 N–H and O–H groups in total. The van der Waals surface area contributed by atoms with Crippen LogP contribution in [0.15, 0.2) is 11.6 Å². The van der Waals surface area contributed by atoms with Gasteiger partial charge in [0.25, 0.3) is 0 Å². The van der Waals surface area contributed by atoms with Crippen molar-refractivity contribution in [3.63, 3.8) is 0 Å². The second-order valence-electron chi connectivity index (χ2n) is 15.1. The van der Waals surface area contributed by atoms with Crippen molar-refractivity contribution in [3.8, 4) is 0 Å². The summed E-state index contributed by atoms with van der Waals surface area (Å²) >= 11 is 0. The topological polar surface area (TPSA) is 99.4 Å². The molecule has 6 heteroatoms. The van der Waals surface area contributed by atoms with Crippen LogP contribution in [0.2, 0.25) is 0 Å². The molecule has 6 rings (SSSR count). The Kier molecular flexibility index (Phi) is 6.44. The molecule has 1 spiro atoms. The molecule has 2 bridgehead atoms. The van der Waals surface area contributed by atoms with Crippen LogP contribution >= 0.6 is 0 Å². The summed E-state index contributed by atoms with van der Waals surface area (Å²) in [5.74, 6) is 0.0472. The van der Waals surface area contributed by atoms with E-state index in [1.807, 2.05) is 6.08 Å². The van der Waals surface area contributed by atoms with E-state index in [9.17, 15) is 20.4 Å². The number of aliphatic hydroxyl groups excluding tert-OH is 3. The van der Waals surface area contributed by atoms with Gasteiger partial charge in [-0.05, 0) is 93.8 Å². The van der Waals surface area contributed by atoms with E-state index in [0.29, 0.717) is 24.9 Å². The Balaban J connectivity index is 1.46. The van der Waals surface area contributed by atoms with E-state index >= 15 is 0 Å². The summed E-state index contributed by atoms with van der Waals surface area (Å²) in [5.41, 5.74) is -0.110. The summed E-state index contributed by atoms with van der Waals surface area (Å²) < 4.78 is 11.7. The monoisotopic (exact) mass is 520 g/mol.